The van der Waals surface area contributed by atoms with Gasteiger partial charge in [0.25, 0.3) is 0 Å². The fraction of sp³-hybridized carbons (Fsp3) is 0.333. The van der Waals surface area contributed by atoms with Gasteiger partial charge in [0, 0.05) is 12.4 Å². The predicted octanol–water partition coefficient (Wildman–Crippen LogP) is 3.58. The van der Waals surface area contributed by atoms with Crippen molar-refractivity contribution in [3.05, 3.63) is 53.6 Å². The van der Waals surface area contributed by atoms with E-state index in [9.17, 15) is 5.26 Å². The molecule has 2 atom stereocenters. The van der Waals surface area contributed by atoms with Gasteiger partial charge in [-0.05, 0) is 23.5 Å². The van der Waals surface area contributed by atoms with Crippen LogP contribution in [0.3, 0.4) is 0 Å². The first-order valence-corrected chi connectivity index (χ1v) is 6.25. The quantitative estimate of drug-likeness (QED) is 0.886. The van der Waals surface area contributed by atoms with E-state index < -0.39 is 0 Å². The molecule has 0 saturated heterocycles. The van der Waals surface area contributed by atoms with E-state index in [1.165, 1.54) is 5.56 Å². The summed E-state index contributed by atoms with van der Waals surface area (Å²) in [6.07, 6.45) is 4.54. The molecule has 0 aliphatic heterocycles. The molecular formula is C15H17N3. The van der Waals surface area contributed by atoms with Gasteiger partial charge in [-0.1, -0.05) is 38.1 Å². The first-order chi connectivity index (χ1) is 8.76. The zero-order valence-electron chi connectivity index (χ0n) is 10.7. The van der Waals surface area contributed by atoms with Crippen molar-refractivity contribution in [2.24, 2.45) is 0 Å². The van der Waals surface area contributed by atoms with Crippen LogP contribution in [-0.4, -0.2) is 9.97 Å². The average Bonchev–Trinajstić information content (AvgIpc) is 2.93. The van der Waals surface area contributed by atoms with Crippen LogP contribution in [0.15, 0.2) is 36.7 Å². The summed E-state index contributed by atoms with van der Waals surface area (Å²) in [6.45, 7) is 4.39. The van der Waals surface area contributed by atoms with Crippen molar-refractivity contribution >= 4 is 0 Å². The minimum absolute atomic E-state index is 0.314. The molecule has 0 saturated carbocycles. The lowest BCUT2D eigenvalue weighted by molar-refractivity contribution is 0.732. The molecule has 0 amide bonds. The van der Waals surface area contributed by atoms with Crippen molar-refractivity contribution in [3.63, 3.8) is 0 Å². The molecule has 0 radical (unpaired) electrons. The molecule has 0 spiro atoms. The highest BCUT2D eigenvalue weighted by atomic mass is 14.9. The van der Waals surface area contributed by atoms with Crippen molar-refractivity contribution in [2.75, 3.05) is 0 Å². The summed E-state index contributed by atoms with van der Waals surface area (Å²) in [4.78, 5) is 7.16. The van der Waals surface area contributed by atoms with Crippen LogP contribution in [0.4, 0.5) is 0 Å². The minimum Gasteiger partial charge on any atom is -0.347 e. The molecule has 0 aliphatic rings. The molecule has 1 heterocycles. The van der Waals surface area contributed by atoms with Crippen LogP contribution in [0, 0.1) is 11.3 Å². The zero-order valence-corrected chi connectivity index (χ0v) is 10.7. The molecule has 1 aromatic carbocycles. The summed E-state index contributed by atoms with van der Waals surface area (Å²) in [7, 11) is 0. The first kappa shape index (κ1) is 12.4. The van der Waals surface area contributed by atoms with Crippen LogP contribution >= 0.6 is 0 Å². The average molecular weight is 239 g/mol. The number of nitrogens with one attached hydrogen (secondary N) is 1. The molecule has 2 aromatic rings. The molecule has 0 aliphatic carbocycles. The van der Waals surface area contributed by atoms with E-state index in [0.717, 1.165) is 12.0 Å². The molecule has 1 aromatic heterocycles. The minimum atomic E-state index is -0.314. The predicted molar refractivity (Wildman–Crippen MR) is 71.2 cm³/mol. The Morgan fingerprint density at radius 3 is 2.44 bits per heavy atom. The van der Waals surface area contributed by atoms with Gasteiger partial charge in [-0.3, -0.25) is 0 Å². The Morgan fingerprint density at radius 1 is 1.28 bits per heavy atom. The normalized spacial score (nSPS) is 13.8. The van der Waals surface area contributed by atoms with Gasteiger partial charge in [0.2, 0.25) is 0 Å². The maximum Gasteiger partial charge on any atom is 0.129 e. The number of aromatic amines is 1. The van der Waals surface area contributed by atoms with E-state index in [1.807, 2.05) is 12.1 Å². The van der Waals surface area contributed by atoms with E-state index in [-0.39, 0.29) is 5.92 Å². The van der Waals surface area contributed by atoms with Crippen LogP contribution in [-0.2, 0) is 0 Å². The Balaban J connectivity index is 2.26. The highest BCUT2D eigenvalue weighted by Gasteiger charge is 2.15. The Morgan fingerprint density at radius 2 is 1.94 bits per heavy atom. The third kappa shape index (κ3) is 2.43. The summed E-state index contributed by atoms with van der Waals surface area (Å²) in [5.41, 5.74) is 2.30. The maximum absolute atomic E-state index is 9.27. The highest BCUT2D eigenvalue weighted by molar-refractivity contribution is 5.34. The molecular weight excluding hydrogens is 222 g/mol. The molecule has 0 fully saturated rings. The van der Waals surface area contributed by atoms with Crippen molar-refractivity contribution < 1.29 is 0 Å². The lowest BCUT2D eigenvalue weighted by Crippen LogP contribution is -2.01. The second kappa shape index (κ2) is 5.50. The standard InChI is InChI=1S/C15H17N3/c1-3-11(2)12-4-6-13(7-5-12)14(10-16)15-17-8-9-18-15/h4-9,11,14H,3H2,1-2H3,(H,17,18). The molecule has 2 unspecified atom stereocenters. The van der Waals surface area contributed by atoms with Gasteiger partial charge in [0.05, 0.1) is 6.07 Å². The fourth-order valence-corrected chi connectivity index (χ4v) is 1.98. The first-order valence-electron chi connectivity index (χ1n) is 6.25. The Bertz CT molecular complexity index is 520. The van der Waals surface area contributed by atoms with Gasteiger partial charge in [-0.25, -0.2) is 4.98 Å². The number of aromatic nitrogens is 2. The Labute approximate surface area is 107 Å². The Kier molecular flexibility index (Phi) is 3.78. The third-order valence-corrected chi connectivity index (χ3v) is 3.37. The molecule has 2 rings (SSSR count). The lowest BCUT2D eigenvalue weighted by Gasteiger charge is -2.11. The summed E-state index contributed by atoms with van der Waals surface area (Å²) < 4.78 is 0. The second-order valence-electron chi connectivity index (χ2n) is 4.51. The number of nitrogens with zero attached hydrogens (tertiary/aromatic N) is 2. The van der Waals surface area contributed by atoms with Gasteiger partial charge in [-0.2, -0.15) is 5.26 Å². The van der Waals surface area contributed by atoms with Crippen LogP contribution in [0.5, 0.6) is 0 Å². The number of H-pyrrole nitrogens is 1. The van der Waals surface area contributed by atoms with E-state index in [0.29, 0.717) is 11.7 Å². The van der Waals surface area contributed by atoms with Crippen LogP contribution in [0.2, 0.25) is 0 Å². The topological polar surface area (TPSA) is 52.5 Å². The van der Waals surface area contributed by atoms with Crippen molar-refractivity contribution in [3.8, 4) is 6.07 Å². The Hall–Kier alpha value is -2.08. The van der Waals surface area contributed by atoms with E-state index in [4.69, 9.17) is 0 Å². The maximum atomic E-state index is 9.27. The van der Waals surface area contributed by atoms with Crippen molar-refractivity contribution in [1.29, 1.82) is 5.26 Å². The van der Waals surface area contributed by atoms with Crippen LogP contribution < -0.4 is 0 Å². The zero-order chi connectivity index (χ0) is 13.0. The number of benzene rings is 1. The van der Waals surface area contributed by atoms with Crippen LogP contribution in [0.1, 0.15) is 49.1 Å². The third-order valence-electron chi connectivity index (χ3n) is 3.37. The molecule has 1 N–H and O–H groups in total. The number of nitriles is 1. The van der Waals surface area contributed by atoms with Crippen LogP contribution in [0.25, 0.3) is 0 Å². The summed E-state index contributed by atoms with van der Waals surface area (Å²) in [6, 6.07) is 10.6. The summed E-state index contributed by atoms with van der Waals surface area (Å²) >= 11 is 0. The van der Waals surface area contributed by atoms with Gasteiger partial charge in [0.15, 0.2) is 0 Å². The summed E-state index contributed by atoms with van der Waals surface area (Å²) in [5, 5.41) is 9.27. The largest absolute Gasteiger partial charge is 0.347 e. The monoisotopic (exact) mass is 239 g/mol. The van der Waals surface area contributed by atoms with Crippen molar-refractivity contribution in [1.82, 2.24) is 9.97 Å². The number of hydrogen-bond donors (Lipinski definition) is 1. The SMILES string of the molecule is CCC(C)c1ccc(C(C#N)c2ncc[nH]2)cc1. The molecule has 3 heteroatoms. The van der Waals surface area contributed by atoms with E-state index in [2.05, 4.69) is 42.0 Å². The second-order valence-corrected chi connectivity index (χ2v) is 4.51. The summed E-state index contributed by atoms with van der Waals surface area (Å²) in [5.74, 6) is 0.947. The molecule has 3 nitrogen and oxygen atoms in total. The highest BCUT2D eigenvalue weighted by Crippen LogP contribution is 2.24. The van der Waals surface area contributed by atoms with Gasteiger partial charge in [-0.15, -0.1) is 0 Å². The van der Waals surface area contributed by atoms with E-state index in [1.54, 1.807) is 12.4 Å². The number of hydrogen-bond acceptors (Lipinski definition) is 2. The van der Waals surface area contributed by atoms with Crippen molar-refractivity contribution in [2.45, 2.75) is 32.1 Å². The molecule has 0 bridgehead atoms. The number of imidazole rings is 1. The number of rotatable bonds is 4. The fourth-order valence-electron chi connectivity index (χ4n) is 1.98. The molecule has 18 heavy (non-hydrogen) atoms. The van der Waals surface area contributed by atoms with Gasteiger partial charge < -0.3 is 4.98 Å². The van der Waals surface area contributed by atoms with Gasteiger partial charge in [0.1, 0.15) is 11.7 Å². The molecule has 92 valence electrons. The van der Waals surface area contributed by atoms with E-state index >= 15 is 0 Å². The van der Waals surface area contributed by atoms with Gasteiger partial charge >= 0.3 is 0 Å². The lowest BCUT2D eigenvalue weighted by atomic mass is 9.94. The smallest absolute Gasteiger partial charge is 0.129 e.